The molecule has 86 valence electrons. The van der Waals surface area contributed by atoms with Crippen LogP contribution in [0.25, 0.3) is 0 Å². The first kappa shape index (κ1) is 11.2. The van der Waals surface area contributed by atoms with E-state index in [1.165, 1.54) is 5.01 Å². The highest BCUT2D eigenvalue weighted by Gasteiger charge is 2.09. The van der Waals surface area contributed by atoms with Crippen LogP contribution in [0, 0.1) is 6.92 Å². The molecule has 0 bridgehead atoms. The number of anilines is 2. The Balaban J connectivity index is 2.43. The number of aliphatic imine (C=N–C) groups is 1. The minimum Gasteiger partial charge on any atom is -0.262 e. The molecule has 1 heterocycles. The van der Waals surface area contributed by atoms with Crippen molar-refractivity contribution in [1.29, 1.82) is 0 Å². The molecule has 0 spiro atoms. The molecule has 0 saturated carbocycles. The highest BCUT2D eigenvalue weighted by molar-refractivity contribution is 5.73. The Bertz CT molecular complexity index is 538. The number of rotatable bonds is 3. The average Bonchev–Trinajstić information content (AvgIpc) is 2.38. The number of hydrogen-bond donors (Lipinski definition) is 1. The molecule has 5 heteroatoms. The van der Waals surface area contributed by atoms with Gasteiger partial charge in [0.25, 0.3) is 0 Å². The molecule has 1 aromatic heterocycles. The first-order chi connectivity index (χ1) is 8.22. The Kier molecular flexibility index (Phi) is 3.11. The predicted octanol–water partition coefficient (Wildman–Crippen LogP) is 2.13. The summed E-state index contributed by atoms with van der Waals surface area (Å²) in [4.78, 5) is 12.2. The van der Waals surface area contributed by atoms with E-state index in [0.717, 1.165) is 5.69 Å². The van der Waals surface area contributed by atoms with Crippen LogP contribution in [-0.4, -0.2) is 16.7 Å². The molecule has 5 nitrogen and oxygen atoms in total. The lowest BCUT2D eigenvalue weighted by Gasteiger charge is -2.19. The van der Waals surface area contributed by atoms with Gasteiger partial charge in [0, 0.05) is 12.3 Å². The normalized spacial score (nSPS) is 10.0. The van der Waals surface area contributed by atoms with Gasteiger partial charge in [0.05, 0.1) is 11.4 Å². The fraction of sp³-hybridized carbons (Fsp3) is 0.0833. The van der Waals surface area contributed by atoms with E-state index >= 15 is 0 Å². The van der Waals surface area contributed by atoms with Gasteiger partial charge in [-0.1, -0.05) is 12.1 Å². The summed E-state index contributed by atoms with van der Waals surface area (Å²) in [5, 5.41) is 1.47. The lowest BCUT2D eigenvalue weighted by atomic mass is 10.2. The van der Waals surface area contributed by atoms with E-state index in [2.05, 4.69) is 21.7 Å². The fourth-order valence-electron chi connectivity index (χ4n) is 1.50. The maximum absolute atomic E-state index is 6.02. The highest BCUT2D eigenvalue weighted by atomic mass is 15.4. The Morgan fingerprint density at radius 2 is 2.06 bits per heavy atom. The molecule has 0 fully saturated rings. The molecule has 0 aliphatic rings. The SMILES string of the molecule is C=Nc1ccccc1N(N)c1ccnc(C)n1. The van der Waals surface area contributed by atoms with Gasteiger partial charge in [0.2, 0.25) is 0 Å². The number of nitrogens with zero attached hydrogens (tertiary/aromatic N) is 4. The summed E-state index contributed by atoms with van der Waals surface area (Å²) in [6.45, 7) is 5.33. The van der Waals surface area contributed by atoms with E-state index in [0.29, 0.717) is 17.3 Å². The molecule has 0 aliphatic carbocycles. The molecule has 2 aromatic rings. The van der Waals surface area contributed by atoms with Crippen LogP contribution < -0.4 is 10.9 Å². The zero-order valence-electron chi connectivity index (χ0n) is 9.54. The van der Waals surface area contributed by atoms with Crippen molar-refractivity contribution >= 4 is 23.9 Å². The summed E-state index contributed by atoms with van der Waals surface area (Å²) in [5.41, 5.74) is 1.46. The number of para-hydroxylation sites is 2. The molecular weight excluding hydrogens is 214 g/mol. The van der Waals surface area contributed by atoms with E-state index in [1.54, 1.807) is 12.3 Å². The van der Waals surface area contributed by atoms with E-state index in [4.69, 9.17) is 5.84 Å². The molecule has 0 saturated heterocycles. The third-order valence-electron chi connectivity index (χ3n) is 2.32. The van der Waals surface area contributed by atoms with E-state index in [-0.39, 0.29) is 0 Å². The fourth-order valence-corrected chi connectivity index (χ4v) is 1.50. The quantitative estimate of drug-likeness (QED) is 0.495. The Morgan fingerprint density at radius 3 is 2.76 bits per heavy atom. The third-order valence-corrected chi connectivity index (χ3v) is 2.32. The summed E-state index contributed by atoms with van der Waals surface area (Å²) in [6.07, 6.45) is 1.67. The Morgan fingerprint density at radius 1 is 1.29 bits per heavy atom. The highest BCUT2D eigenvalue weighted by Crippen LogP contribution is 2.29. The molecular formula is C12H13N5. The van der Waals surface area contributed by atoms with Crippen molar-refractivity contribution in [3.05, 3.63) is 42.4 Å². The van der Waals surface area contributed by atoms with Crippen molar-refractivity contribution in [3.8, 4) is 0 Å². The zero-order valence-corrected chi connectivity index (χ0v) is 9.54. The second-order valence-electron chi connectivity index (χ2n) is 3.48. The molecule has 17 heavy (non-hydrogen) atoms. The van der Waals surface area contributed by atoms with Gasteiger partial charge >= 0.3 is 0 Å². The van der Waals surface area contributed by atoms with Crippen molar-refractivity contribution in [2.45, 2.75) is 6.92 Å². The first-order valence-corrected chi connectivity index (χ1v) is 5.12. The second kappa shape index (κ2) is 4.71. The van der Waals surface area contributed by atoms with E-state index in [1.807, 2.05) is 31.2 Å². The van der Waals surface area contributed by atoms with Gasteiger partial charge in [-0.05, 0) is 25.8 Å². The van der Waals surface area contributed by atoms with Crippen LogP contribution in [0.4, 0.5) is 17.2 Å². The maximum atomic E-state index is 6.02. The molecule has 0 aliphatic heterocycles. The molecule has 2 rings (SSSR count). The summed E-state index contributed by atoms with van der Waals surface area (Å²) < 4.78 is 0. The van der Waals surface area contributed by atoms with Gasteiger partial charge in [0.1, 0.15) is 5.82 Å². The second-order valence-corrected chi connectivity index (χ2v) is 3.48. The van der Waals surface area contributed by atoms with Crippen LogP contribution in [0.15, 0.2) is 41.5 Å². The van der Waals surface area contributed by atoms with Crippen LogP contribution in [0.2, 0.25) is 0 Å². The van der Waals surface area contributed by atoms with Gasteiger partial charge in [-0.2, -0.15) is 0 Å². The van der Waals surface area contributed by atoms with Crippen LogP contribution in [-0.2, 0) is 0 Å². The minimum absolute atomic E-state index is 0.619. The number of hydrazine groups is 1. The van der Waals surface area contributed by atoms with Crippen molar-refractivity contribution in [1.82, 2.24) is 9.97 Å². The number of aromatic nitrogens is 2. The van der Waals surface area contributed by atoms with Crippen molar-refractivity contribution in [2.75, 3.05) is 5.01 Å². The summed E-state index contributed by atoms with van der Waals surface area (Å²) in [7, 11) is 0. The number of aryl methyl sites for hydroxylation is 1. The smallest absolute Gasteiger partial charge is 0.151 e. The summed E-state index contributed by atoms with van der Waals surface area (Å²) >= 11 is 0. The lowest BCUT2D eigenvalue weighted by molar-refractivity contribution is 0.975. The first-order valence-electron chi connectivity index (χ1n) is 5.12. The minimum atomic E-state index is 0.619. The molecule has 0 radical (unpaired) electrons. The van der Waals surface area contributed by atoms with Crippen LogP contribution in [0.3, 0.4) is 0 Å². The number of hydrogen-bond acceptors (Lipinski definition) is 5. The third kappa shape index (κ3) is 2.29. The molecule has 0 amide bonds. The van der Waals surface area contributed by atoms with Gasteiger partial charge in [-0.25, -0.2) is 15.8 Å². The van der Waals surface area contributed by atoms with Crippen LogP contribution in [0.5, 0.6) is 0 Å². The monoisotopic (exact) mass is 227 g/mol. The molecule has 0 atom stereocenters. The largest absolute Gasteiger partial charge is 0.262 e. The van der Waals surface area contributed by atoms with Crippen LogP contribution in [0.1, 0.15) is 5.82 Å². The number of benzene rings is 1. The summed E-state index contributed by atoms with van der Waals surface area (Å²) in [6, 6.07) is 9.22. The zero-order chi connectivity index (χ0) is 12.3. The summed E-state index contributed by atoms with van der Waals surface area (Å²) in [5.74, 6) is 7.30. The predicted molar refractivity (Wildman–Crippen MR) is 68.7 cm³/mol. The van der Waals surface area contributed by atoms with Crippen LogP contribution >= 0.6 is 0 Å². The Labute approximate surface area is 99.6 Å². The van der Waals surface area contributed by atoms with Crippen molar-refractivity contribution in [2.24, 2.45) is 10.8 Å². The van der Waals surface area contributed by atoms with E-state index < -0.39 is 0 Å². The van der Waals surface area contributed by atoms with Crippen molar-refractivity contribution < 1.29 is 0 Å². The molecule has 0 unspecified atom stereocenters. The average molecular weight is 227 g/mol. The van der Waals surface area contributed by atoms with E-state index in [9.17, 15) is 0 Å². The van der Waals surface area contributed by atoms with Gasteiger partial charge < -0.3 is 0 Å². The Hall–Kier alpha value is -2.27. The lowest BCUT2D eigenvalue weighted by Crippen LogP contribution is -2.26. The number of nitrogens with two attached hydrogens (primary N) is 1. The van der Waals surface area contributed by atoms with Gasteiger partial charge in [0.15, 0.2) is 5.82 Å². The maximum Gasteiger partial charge on any atom is 0.151 e. The topological polar surface area (TPSA) is 67.4 Å². The molecule has 2 N–H and O–H groups in total. The molecule has 1 aromatic carbocycles. The van der Waals surface area contributed by atoms with Gasteiger partial charge in [-0.3, -0.25) is 10.0 Å². The standard InChI is InChI=1S/C12H13N5/c1-9-15-8-7-12(16-9)17(13)11-6-4-3-5-10(11)14-2/h3-8H,2,13H2,1H3. The van der Waals surface area contributed by atoms with Gasteiger partial charge in [-0.15, -0.1) is 0 Å². The van der Waals surface area contributed by atoms with Crippen molar-refractivity contribution in [3.63, 3.8) is 0 Å².